The van der Waals surface area contributed by atoms with E-state index >= 15 is 0 Å². The molecule has 94 valence electrons. The quantitative estimate of drug-likeness (QED) is 0.918. The summed E-state index contributed by atoms with van der Waals surface area (Å²) in [5.41, 5.74) is 1.60. The van der Waals surface area contributed by atoms with E-state index in [0.29, 0.717) is 10.0 Å². The van der Waals surface area contributed by atoms with Gasteiger partial charge in [0.2, 0.25) is 0 Å². The van der Waals surface area contributed by atoms with Gasteiger partial charge in [-0.1, -0.05) is 11.3 Å². The first-order chi connectivity index (χ1) is 8.47. The van der Waals surface area contributed by atoms with Crippen molar-refractivity contribution in [2.45, 2.75) is 23.2 Å². The fourth-order valence-electron chi connectivity index (χ4n) is 1.29. The Morgan fingerprint density at radius 2 is 2.22 bits per heavy atom. The van der Waals surface area contributed by atoms with Crippen LogP contribution in [0.1, 0.15) is 20.9 Å². The Morgan fingerprint density at radius 3 is 2.78 bits per heavy atom. The highest BCUT2D eigenvalue weighted by Gasteiger charge is 2.15. The number of aromatic nitrogens is 2. The van der Waals surface area contributed by atoms with Gasteiger partial charge in [0.15, 0.2) is 4.34 Å². The third-order valence-electron chi connectivity index (χ3n) is 2.10. The van der Waals surface area contributed by atoms with Crippen molar-refractivity contribution >= 4 is 45.0 Å². The summed E-state index contributed by atoms with van der Waals surface area (Å²) in [7, 11) is 0. The van der Waals surface area contributed by atoms with Gasteiger partial charge in [-0.15, -0.1) is 0 Å². The number of carboxylic acid groups (broad SMARTS) is 1. The van der Waals surface area contributed by atoms with Crippen molar-refractivity contribution in [1.29, 1.82) is 0 Å². The fraction of sp³-hybridized carbons (Fsp3) is 0.182. The van der Waals surface area contributed by atoms with E-state index in [-0.39, 0.29) is 4.88 Å². The Balaban J connectivity index is 2.29. The molecule has 18 heavy (non-hydrogen) atoms. The first-order valence-electron chi connectivity index (χ1n) is 4.98. The molecule has 0 fully saturated rings. The van der Waals surface area contributed by atoms with Crippen molar-refractivity contribution in [3.8, 4) is 0 Å². The number of thiazole rings is 1. The average Bonchev–Trinajstić information content (AvgIpc) is 2.64. The summed E-state index contributed by atoms with van der Waals surface area (Å²) >= 11 is 5.96. The van der Waals surface area contributed by atoms with Crippen molar-refractivity contribution in [3.05, 3.63) is 32.9 Å². The monoisotopic (exact) mass is 344 g/mol. The van der Waals surface area contributed by atoms with Crippen LogP contribution >= 0.6 is 39.0 Å². The number of rotatable bonds is 3. The highest BCUT2D eigenvalue weighted by molar-refractivity contribution is 9.10. The number of nitrogens with zero attached hydrogens (tertiary/aromatic N) is 2. The summed E-state index contributed by atoms with van der Waals surface area (Å²) in [5, 5.41) is 9.76. The summed E-state index contributed by atoms with van der Waals surface area (Å²) in [5.74, 6) is -0.937. The smallest absolute Gasteiger partial charge is 0.347 e. The lowest BCUT2D eigenvalue weighted by Crippen LogP contribution is -1.94. The van der Waals surface area contributed by atoms with E-state index in [1.54, 1.807) is 13.1 Å². The van der Waals surface area contributed by atoms with Gasteiger partial charge in [-0.25, -0.2) is 14.8 Å². The number of halogens is 1. The van der Waals surface area contributed by atoms with E-state index in [9.17, 15) is 4.79 Å². The zero-order valence-corrected chi connectivity index (χ0v) is 12.8. The normalized spacial score (nSPS) is 10.6. The Bertz CT molecular complexity index is 613. The lowest BCUT2D eigenvalue weighted by molar-refractivity contribution is 0.0701. The minimum atomic E-state index is -0.937. The first kappa shape index (κ1) is 13.5. The van der Waals surface area contributed by atoms with E-state index < -0.39 is 5.97 Å². The van der Waals surface area contributed by atoms with Crippen LogP contribution in [0.25, 0.3) is 0 Å². The molecule has 0 radical (unpaired) electrons. The highest BCUT2D eigenvalue weighted by atomic mass is 79.9. The average molecular weight is 345 g/mol. The number of carbonyl (C=O) groups is 1. The van der Waals surface area contributed by atoms with Crippen LogP contribution in [0.15, 0.2) is 26.1 Å². The van der Waals surface area contributed by atoms with Crippen molar-refractivity contribution in [2.75, 3.05) is 0 Å². The van der Waals surface area contributed by atoms with Crippen LogP contribution in [-0.4, -0.2) is 21.0 Å². The third-order valence-corrected chi connectivity index (χ3v) is 5.19. The number of pyridine rings is 1. The molecule has 0 aliphatic heterocycles. The Hall–Kier alpha value is -0.920. The molecule has 2 rings (SSSR count). The van der Waals surface area contributed by atoms with Gasteiger partial charge in [0.05, 0.1) is 10.2 Å². The van der Waals surface area contributed by atoms with Gasteiger partial charge in [0.1, 0.15) is 9.90 Å². The van der Waals surface area contributed by atoms with E-state index in [0.717, 1.165) is 15.1 Å². The molecule has 2 heterocycles. The molecule has 0 spiro atoms. The molecule has 2 aromatic heterocycles. The molecule has 0 saturated carbocycles. The van der Waals surface area contributed by atoms with Crippen LogP contribution in [-0.2, 0) is 0 Å². The number of carboxylic acids is 1. The zero-order valence-electron chi connectivity index (χ0n) is 9.60. The predicted octanol–water partition coefficient (Wildman–Crippen LogP) is 3.77. The third kappa shape index (κ3) is 2.90. The Labute approximate surface area is 121 Å². The van der Waals surface area contributed by atoms with Crippen molar-refractivity contribution < 1.29 is 9.90 Å². The first-order valence-corrected chi connectivity index (χ1v) is 7.40. The van der Waals surface area contributed by atoms with Crippen LogP contribution in [0.5, 0.6) is 0 Å². The summed E-state index contributed by atoms with van der Waals surface area (Å²) in [6.45, 7) is 3.66. The Morgan fingerprint density at radius 1 is 1.50 bits per heavy atom. The van der Waals surface area contributed by atoms with Crippen molar-refractivity contribution in [2.24, 2.45) is 0 Å². The molecule has 1 N–H and O–H groups in total. The van der Waals surface area contributed by atoms with E-state index in [1.807, 2.05) is 13.0 Å². The summed E-state index contributed by atoms with van der Waals surface area (Å²) in [6.07, 6.45) is 1.77. The minimum absolute atomic E-state index is 0.278. The molecule has 0 aromatic carbocycles. The van der Waals surface area contributed by atoms with Gasteiger partial charge in [0.25, 0.3) is 0 Å². The lowest BCUT2D eigenvalue weighted by atomic mass is 10.3. The molecule has 0 amide bonds. The molecule has 4 nitrogen and oxygen atoms in total. The van der Waals surface area contributed by atoms with E-state index in [4.69, 9.17) is 5.11 Å². The van der Waals surface area contributed by atoms with Gasteiger partial charge in [0, 0.05) is 6.20 Å². The van der Waals surface area contributed by atoms with E-state index in [2.05, 4.69) is 25.9 Å². The van der Waals surface area contributed by atoms with Gasteiger partial charge in [-0.3, -0.25) is 0 Å². The molecule has 0 unspecified atom stereocenters. The van der Waals surface area contributed by atoms with Crippen molar-refractivity contribution in [1.82, 2.24) is 9.97 Å². The fourth-order valence-corrected chi connectivity index (χ4v) is 3.90. The lowest BCUT2D eigenvalue weighted by Gasteiger charge is -2.01. The zero-order chi connectivity index (χ0) is 13.3. The molecular formula is C11H9BrN2O2S2. The number of aryl methyl sites for hydroxylation is 2. The molecule has 0 aliphatic rings. The molecular weight excluding hydrogens is 336 g/mol. The maximum atomic E-state index is 10.9. The SMILES string of the molecule is Cc1cnc(Sc2nc(C)c(C(=O)O)s2)c(Br)c1. The number of aromatic carboxylic acids is 1. The largest absolute Gasteiger partial charge is 0.477 e. The second-order valence-corrected chi connectivity index (χ2v) is 6.69. The van der Waals surface area contributed by atoms with Crippen LogP contribution in [0.2, 0.25) is 0 Å². The second-order valence-electron chi connectivity index (χ2n) is 3.60. The molecule has 7 heteroatoms. The molecule has 0 aliphatic carbocycles. The Kier molecular flexibility index (Phi) is 4.04. The van der Waals surface area contributed by atoms with Crippen LogP contribution in [0.4, 0.5) is 0 Å². The number of hydrogen-bond acceptors (Lipinski definition) is 5. The predicted molar refractivity (Wildman–Crippen MR) is 74.6 cm³/mol. The highest BCUT2D eigenvalue weighted by Crippen LogP contribution is 2.35. The summed E-state index contributed by atoms with van der Waals surface area (Å²) < 4.78 is 1.57. The van der Waals surface area contributed by atoms with Crippen molar-refractivity contribution in [3.63, 3.8) is 0 Å². The molecule has 0 bridgehead atoms. The van der Waals surface area contributed by atoms with Gasteiger partial charge in [-0.05, 0) is 53.2 Å². The minimum Gasteiger partial charge on any atom is -0.477 e. The van der Waals surface area contributed by atoms with Crippen LogP contribution < -0.4 is 0 Å². The van der Waals surface area contributed by atoms with Crippen LogP contribution in [0, 0.1) is 13.8 Å². The van der Waals surface area contributed by atoms with E-state index in [1.165, 1.54) is 23.1 Å². The number of hydrogen-bond donors (Lipinski definition) is 1. The van der Waals surface area contributed by atoms with Gasteiger partial charge < -0.3 is 5.11 Å². The topological polar surface area (TPSA) is 63.1 Å². The molecule has 0 atom stereocenters. The molecule has 0 saturated heterocycles. The second kappa shape index (κ2) is 5.38. The summed E-state index contributed by atoms with van der Waals surface area (Å²) in [4.78, 5) is 19.7. The molecule has 2 aromatic rings. The standard InChI is InChI=1S/C11H9BrN2O2S2/c1-5-3-7(12)9(13-4-5)18-11-14-6(2)8(17-11)10(15)16/h3-4H,1-2H3,(H,15,16). The van der Waals surface area contributed by atoms with Gasteiger partial charge >= 0.3 is 5.97 Å². The maximum Gasteiger partial charge on any atom is 0.347 e. The van der Waals surface area contributed by atoms with Crippen LogP contribution in [0.3, 0.4) is 0 Å². The maximum absolute atomic E-state index is 10.9. The summed E-state index contributed by atoms with van der Waals surface area (Å²) in [6, 6.07) is 1.97. The van der Waals surface area contributed by atoms with Gasteiger partial charge in [-0.2, -0.15) is 0 Å².